The second-order valence-corrected chi connectivity index (χ2v) is 7.73. The predicted octanol–water partition coefficient (Wildman–Crippen LogP) is 3.51. The molecule has 0 aliphatic rings. The Morgan fingerprint density at radius 3 is 2.35 bits per heavy atom. The summed E-state index contributed by atoms with van der Waals surface area (Å²) in [4.78, 5) is 36.4. The number of rotatable bonds is 10. The van der Waals surface area contributed by atoms with E-state index in [1.165, 1.54) is 13.3 Å². The summed E-state index contributed by atoms with van der Waals surface area (Å²) < 4.78 is 16.3. The number of anilines is 2. The van der Waals surface area contributed by atoms with Gasteiger partial charge in [-0.05, 0) is 79.6 Å². The van der Waals surface area contributed by atoms with Crippen molar-refractivity contribution in [1.82, 2.24) is 5.43 Å². The van der Waals surface area contributed by atoms with Gasteiger partial charge in [-0.3, -0.25) is 14.4 Å². The lowest BCUT2D eigenvalue weighted by molar-refractivity contribution is -0.136. The van der Waals surface area contributed by atoms with Gasteiger partial charge in [0.15, 0.2) is 18.1 Å². The third-order valence-corrected chi connectivity index (χ3v) is 4.86. The van der Waals surface area contributed by atoms with E-state index in [-0.39, 0.29) is 12.5 Å². The number of hydrazone groups is 1. The Morgan fingerprint density at radius 2 is 1.65 bits per heavy atom. The van der Waals surface area contributed by atoms with E-state index >= 15 is 0 Å². The summed E-state index contributed by atoms with van der Waals surface area (Å²) in [6, 6.07) is 18.9. The van der Waals surface area contributed by atoms with Gasteiger partial charge in [0.25, 0.3) is 5.91 Å². The van der Waals surface area contributed by atoms with Crippen LogP contribution in [0.25, 0.3) is 0 Å². The van der Waals surface area contributed by atoms with Gasteiger partial charge >= 0.3 is 11.8 Å². The molecule has 10 nitrogen and oxygen atoms in total. The van der Waals surface area contributed by atoms with Gasteiger partial charge < -0.3 is 24.8 Å². The number of hydrogen-bond acceptors (Lipinski definition) is 7. The number of nitrogens with zero attached hydrogens (tertiary/aromatic N) is 1. The molecule has 0 saturated heterocycles. The van der Waals surface area contributed by atoms with Crippen molar-refractivity contribution in [1.29, 1.82) is 0 Å². The van der Waals surface area contributed by atoms with E-state index in [2.05, 4.69) is 21.2 Å². The summed E-state index contributed by atoms with van der Waals surface area (Å²) in [6.07, 6.45) is 1.36. The Hall–Kier alpha value is -4.86. The van der Waals surface area contributed by atoms with Crippen LogP contribution in [0.4, 0.5) is 11.4 Å². The van der Waals surface area contributed by atoms with Gasteiger partial charge in [-0.1, -0.05) is 12.1 Å². The molecule has 0 fully saturated rings. The summed E-state index contributed by atoms with van der Waals surface area (Å²) in [6.45, 7) is 3.92. The highest BCUT2D eigenvalue weighted by Crippen LogP contribution is 2.28. The van der Waals surface area contributed by atoms with Crippen molar-refractivity contribution >= 4 is 35.3 Å². The normalized spacial score (nSPS) is 10.5. The Labute approximate surface area is 214 Å². The van der Waals surface area contributed by atoms with Crippen molar-refractivity contribution in [2.75, 3.05) is 31.0 Å². The molecule has 0 heterocycles. The third kappa shape index (κ3) is 8.39. The van der Waals surface area contributed by atoms with Crippen LogP contribution in [0.5, 0.6) is 17.2 Å². The SMILES string of the molecule is CCOc1cc(/C=N\NC(=O)C(=O)Nc2ccc(OC)cc2)ccc1OCC(=O)Nc1cccc(C)c1. The standard InChI is InChI=1S/C27H28N4O6/c1-4-36-24-15-19(8-13-23(24)37-17-25(32)29-21-7-5-6-18(2)14-21)16-28-31-27(34)26(33)30-20-9-11-22(35-3)12-10-20/h5-16H,4,17H2,1-3H3,(H,29,32)(H,30,33)(H,31,34)/b28-16-. The highest BCUT2D eigenvalue weighted by Gasteiger charge is 2.13. The molecule has 3 rings (SSSR count). The first-order valence-electron chi connectivity index (χ1n) is 11.4. The molecule has 0 aliphatic heterocycles. The summed E-state index contributed by atoms with van der Waals surface area (Å²) in [5.41, 5.74) is 4.91. The monoisotopic (exact) mass is 504 g/mol. The molecule has 0 aliphatic carbocycles. The van der Waals surface area contributed by atoms with Gasteiger partial charge in [0, 0.05) is 11.4 Å². The molecule has 0 saturated carbocycles. The van der Waals surface area contributed by atoms with Gasteiger partial charge in [-0.25, -0.2) is 5.43 Å². The minimum atomic E-state index is -0.934. The molecule has 37 heavy (non-hydrogen) atoms. The first kappa shape index (κ1) is 26.7. The molecule has 3 N–H and O–H groups in total. The maximum absolute atomic E-state index is 12.3. The van der Waals surface area contributed by atoms with E-state index in [0.29, 0.717) is 40.8 Å². The molecule has 10 heteroatoms. The fraction of sp³-hybridized carbons (Fsp3) is 0.185. The van der Waals surface area contributed by atoms with Gasteiger partial charge in [-0.2, -0.15) is 5.10 Å². The van der Waals surface area contributed by atoms with Crippen molar-refractivity contribution in [2.24, 2.45) is 5.10 Å². The maximum Gasteiger partial charge on any atom is 0.329 e. The van der Waals surface area contributed by atoms with Crippen LogP contribution in [0.3, 0.4) is 0 Å². The second kappa shape index (κ2) is 13.3. The summed E-state index contributed by atoms with van der Waals surface area (Å²) in [5.74, 6) is -0.712. The Kier molecular flexibility index (Phi) is 9.60. The van der Waals surface area contributed by atoms with Crippen LogP contribution >= 0.6 is 0 Å². The van der Waals surface area contributed by atoms with Crippen LogP contribution in [0.15, 0.2) is 71.8 Å². The van der Waals surface area contributed by atoms with E-state index in [1.807, 2.05) is 32.0 Å². The smallest absolute Gasteiger partial charge is 0.329 e. The molecule has 192 valence electrons. The number of benzene rings is 3. The van der Waals surface area contributed by atoms with E-state index in [0.717, 1.165) is 5.56 Å². The Morgan fingerprint density at radius 1 is 0.865 bits per heavy atom. The maximum atomic E-state index is 12.3. The molecule has 0 spiro atoms. The average molecular weight is 505 g/mol. The van der Waals surface area contributed by atoms with Gasteiger partial charge in [0.2, 0.25) is 0 Å². The molecule has 3 amide bonds. The van der Waals surface area contributed by atoms with Gasteiger partial charge in [-0.15, -0.1) is 0 Å². The van der Waals surface area contributed by atoms with Crippen molar-refractivity contribution in [2.45, 2.75) is 13.8 Å². The van der Waals surface area contributed by atoms with E-state index in [9.17, 15) is 14.4 Å². The fourth-order valence-electron chi connectivity index (χ4n) is 3.13. The zero-order chi connectivity index (χ0) is 26.6. The number of nitrogens with one attached hydrogen (secondary N) is 3. The molecule has 0 atom stereocenters. The number of amides is 3. The average Bonchev–Trinajstić information content (AvgIpc) is 2.88. The molecule has 3 aromatic rings. The van der Waals surface area contributed by atoms with E-state index in [1.54, 1.807) is 48.5 Å². The van der Waals surface area contributed by atoms with Crippen molar-refractivity contribution < 1.29 is 28.6 Å². The lowest BCUT2D eigenvalue weighted by atomic mass is 10.2. The van der Waals surface area contributed by atoms with Crippen molar-refractivity contribution in [3.8, 4) is 17.2 Å². The molecule has 0 aromatic heterocycles. The number of hydrogen-bond donors (Lipinski definition) is 3. The first-order valence-corrected chi connectivity index (χ1v) is 11.4. The van der Waals surface area contributed by atoms with Crippen molar-refractivity contribution in [3.05, 3.63) is 77.9 Å². The van der Waals surface area contributed by atoms with Crippen molar-refractivity contribution in [3.63, 3.8) is 0 Å². The Bertz CT molecular complexity index is 1270. The molecule has 3 aromatic carbocycles. The highest BCUT2D eigenvalue weighted by molar-refractivity contribution is 6.39. The van der Waals surface area contributed by atoms with E-state index < -0.39 is 11.8 Å². The third-order valence-electron chi connectivity index (χ3n) is 4.86. The number of carbonyl (C=O) groups is 3. The van der Waals surface area contributed by atoms with Gasteiger partial charge in [0.05, 0.1) is 19.9 Å². The number of methoxy groups -OCH3 is 1. The lowest BCUT2D eigenvalue weighted by Gasteiger charge is -2.13. The molecule has 0 radical (unpaired) electrons. The summed E-state index contributed by atoms with van der Waals surface area (Å²) in [7, 11) is 1.53. The lowest BCUT2D eigenvalue weighted by Crippen LogP contribution is -2.32. The Balaban J connectivity index is 1.54. The predicted molar refractivity (Wildman–Crippen MR) is 140 cm³/mol. The second-order valence-electron chi connectivity index (χ2n) is 7.73. The van der Waals surface area contributed by atoms with Crippen LogP contribution in [-0.2, 0) is 14.4 Å². The van der Waals surface area contributed by atoms with Crippen LogP contribution < -0.4 is 30.3 Å². The molecule has 0 bridgehead atoms. The fourth-order valence-corrected chi connectivity index (χ4v) is 3.13. The highest BCUT2D eigenvalue weighted by atomic mass is 16.5. The van der Waals surface area contributed by atoms with Crippen LogP contribution in [0.2, 0.25) is 0 Å². The molecular formula is C27H28N4O6. The first-order chi connectivity index (χ1) is 17.9. The number of carbonyl (C=O) groups excluding carboxylic acids is 3. The minimum absolute atomic E-state index is 0.208. The topological polar surface area (TPSA) is 127 Å². The minimum Gasteiger partial charge on any atom is -0.497 e. The number of aryl methyl sites for hydroxylation is 1. The van der Waals surface area contributed by atoms with E-state index in [4.69, 9.17) is 14.2 Å². The van der Waals surface area contributed by atoms with Crippen LogP contribution in [-0.4, -0.2) is 44.3 Å². The zero-order valence-corrected chi connectivity index (χ0v) is 20.7. The van der Waals surface area contributed by atoms with Crippen LogP contribution in [0.1, 0.15) is 18.1 Å². The number of ether oxygens (including phenoxy) is 3. The zero-order valence-electron chi connectivity index (χ0n) is 20.7. The van der Waals surface area contributed by atoms with Gasteiger partial charge in [0.1, 0.15) is 5.75 Å². The van der Waals surface area contributed by atoms with Crippen LogP contribution in [0, 0.1) is 6.92 Å². The molecular weight excluding hydrogens is 476 g/mol. The quantitative estimate of drug-likeness (QED) is 0.220. The largest absolute Gasteiger partial charge is 0.497 e. The summed E-state index contributed by atoms with van der Waals surface area (Å²) >= 11 is 0. The molecule has 0 unspecified atom stereocenters. The summed E-state index contributed by atoms with van der Waals surface area (Å²) in [5, 5.41) is 9.07.